The fraction of sp³-hybridized carbons (Fsp3) is 0.562. The van der Waals surface area contributed by atoms with Crippen molar-refractivity contribution >= 4 is 21.8 Å². The number of halogens is 2. The number of amides is 1. The van der Waals surface area contributed by atoms with E-state index in [2.05, 4.69) is 15.9 Å². The fourth-order valence-corrected chi connectivity index (χ4v) is 3.28. The van der Waals surface area contributed by atoms with Crippen molar-refractivity contribution in [1.82, 2.24) is 4.90 Å². The van der Waals surface area contributed by atoms with E-state index in [1.165, 1.54) is 6.42 Å². The maximum atomic E-state index is 14.2. The first kappa shape index (κ1) is 15.5. The second-order valence-electron chi connectivity index (χ2n) is 5.42. The van der Waals surface area contributed by atoms with E-state index in [1.54, 1.807) is 25.1 Å². The van der Waals surface area contributed by atoms with Gasteiger partial charge in [0.2, 0.25) is 0 Å². The molecule has 0 N–H and O–H groups in total. The Morgan fingerprint density at radius 3 is 2.70 bits per heavy atom. The molecule has 4 heteroatoms. The number of carbonyl (C=O) groups excluding carboxylic acids is 1. The summed E-state index contributed by atoms with van der Waals surface area (Å²) < 4.78 is 14.2. The number of carbonyl (C=O) groups is 1. The summed E-state index contributed by atoms with van der Waals surface area (Å²) in [4.78, 5) is 14.5. The number of aryl methyl sites for hydroxylation is 1. The molecule has 1 amide bonds. The highest BCUT2D eigenvalue weighted by molar-refractivity contribution is 9.09. The Bertz CT molecular complexity index is 472. The normalized spacial score (nSPS) is 16.1. The van der Waals surface area contributed by atoms with Crippen LogP contribution in [0.3, 0.4) is 0 Å². The molecule has 0 radical (unpaired) electrons. The zero-order chi connectivity index (χ0) is 14.5. The molecule has 2 nitrogen and oxygen atoms in total. The van der Waals surface area contributed by atoms with E-state index < -0.39 is 0 Å². The summed E-state index contributed by atoms with van der Waals surface area (Å²) in [6.45, 7) is 2.33. The van der Waals surface area contributed by atoms with E-state index in [0.29, 0.717) is 12.1 Å². The summed E-state index contributed by atoms with van der Waals surface area (Å²) >= 11 is 3.40. The molecule has 0 aromatic heterocycles. The molecule has 0 bridgehead atoms. The van der Waals surface area contributed by atoms with Gasteiger partial charge in [0.1, 0.15) is 5.82 Å². The minimum absolute atomic E-state index is 0.169. The van der Waals surface area contributed by atoms with Crippen LogP contribution in [0.5, 0.6) is 0 Å². The summed E-state index contributed by atoms with van der Waals surface area (Å²) in [5.41, 5.74) is 0.731. The second-order valence-corrected chi connectivity index (χ2v) is 6.21. The molecule has 2 rings (SSSR count). The SMILES string of the molecule is Cc1cccc(C(=O)N(CCBr)C2CCCCC2)c1F. The van der Waals surface area contributed by atoms with Gasteiger partial charge in [0.25, 0.3) is 5.91 Å². The monoisotopic (exact) mass is 341 g/mol. The van der Waals surface area contributed by atoms with Gasteiger partial charge in [0, 0.05) is 17.9 Å². The molecular formula is C16H21BrFNO. The van der Waals surface area contributed by atoms with Crippen LogP contribution in [-0.2, 0) is 0 Å². The van der Waals surface area contributed by atoms with E-state index in [1.807, 2.05) is 4.90 Å². The van der Waals surface area contributed by atoms with Crippen molar-refractivity contribution < 1.29 is 9.18 Å². The third-order valence-electron chi connectivity index (χ3n) is 4.02. The second kappa shape index (κ2) is 7.21. The van der Waals surface area contributed by atoms with Crippen LogP contribution in [0, 0.1) is 12.7 Å². The minimum Gasteiger partial charge on any atom is -0.335 e. The smallest absolute Gasteiger partial charge is 0.257 e. The average molecular weight is 342 g/mol. The Balaban J connectivity index is 2.23. The zero-order valence-corrected chi connectivity index (χ0v) is 13.5. The summed E-state index contributed by atoms with van der Waals surface area (Å²) in [5, 5.41) is 0.725. The van der Waals surface area contributed by atoms with Gasteiger partial charge in [0.15, 0.2) is 0 Å². The molecule has 110 valence electrons. The molecule has 0 aliphatic heterocycles. The molecule has 0 spiro atoms. The third kappa shape index (κ3) is 3.40. The zero-order valence-electron chi connectivity index (χ0n) is 11.9. The Kier molecular flexibility index (Phi) is 5.58. The van der Waals surface area contributed by atoms with Gasteiger partial charge in [-0.1, -0.05) is 47.3 Å². The largest absolute Gasteiger partial charge is 0.335 e. The summed E-state index contributed by atoms with van der Waals surface area (Å²) in [5.74, 6) is -0.551. The van der Waals surface area contributed by atoms with Crippen molar-refractivity contribution in [2.75, 3.05) is 11.9 Å². The maximum absolute atomic E-state index is 14.2. The van der Waals surface area contributed by atoms with E-state index in [9.17, 15) is 9.18 Å². The number of nitrogens with zero attached hydrogens (tertiary/aromatic N) is 1. The average Bonchev–Trinajstić information content (AvgIpc) is 2.48. The first-order valence-electron chi connectivity index (χ1n) is 7.27. The molecule has 0 saturated heterocycles. The van der Waals surface area contributed by atoms with E-state index in [-0.39, 0.29) is 23.3 Å². The van der Waals surface area contributed by atoms with E-state index in [0.717, 1.165) is 31.0 Å². The summed E-state index contributed by atoms with van der Waals surface area (Å²) in [6.07, 6.45) is 5.63. The highest BCUT2D eigenvalue weighted by Gasteiger charge is 2.27. The molecule has 1 aromatic rings. The Labute approximate surface area is 128 Å². The molecule has 1 fully saturated rings. The molecule has 1 aliphatic rings. The van der Waals surface area contributed by atoms with Crippen molar-refractivity contribution in [3.8, 4) is 0 Å². The highest BCUT2D eigenvalue weighted by atomic mass is 79.9. The van der Waals surface area contributed by atoms with Crippen LogP contribution in [0.1, 0.15) is 48.0 Å². The number of hydrogen-bond donors (Lipinski definition) is 0. The highest BCUT2D eigenvalue weighted by Crippen LogP contribution is 2.25. The van der Waals surface area contributed by atoms with Gasteiger partial charge in [-0.15, -0.1) is 0 Å². The van der Waals surface area contributed by atoms with Crippen molar-refractivity contribution in [2.24, 2.45) is 0 Å². The molecular weight excluding hydrogens is 321 g/mol. The Morgan fingerprint density at radius 1 is 1.35 bits per heavy atom. The van der Waals surface area contributed by atoms with Crippen LogP contribution < -0.4 is 0 Å². The number of hydrogen-bond acceptors (Lipinski definition) is 1. The fourth-order valence-electron chi connectivity index (χ4n) is 2.90. The van der Waals surface area contributed by atoms with Crippen molar-refractivity contribution in [2.45, 2.75) is 45.1 Å². The van der Waals surface area contributed by atoms with Crippen LogP contribution in [0.4, 0.5) is 4.39 Å². The molecule has 1 aromatic carbocycles. The molecule has 0 heterocycles. The minimum atomic E-state index is -0.382. The molecule has 1 aliphatic carbocycles. The van der Waals surface area contributed by atoms with E-state index in [4.69, 9.17) is 0 Å². The van der Waals surface area contributed by atoms with Gasteiger partial charge in [-0.05, 0) is 31.4 Å². The summed E-state index contributed by atoms with van der Waals surface area (Å²) in [7, 11) is 0. The molecule has 0 unspecified atom stereocenters. The first-order chi connectivity index (χ1) is 9.65. The first-order valence-corrected chi connectivity index (χ1v) is 8.39. The van der Waals surface area contributed by atoms with E-state index >= 15 is 0 Å². The predicted octanol–water partition coefficient (Wildman–Crippen LogP) is 4.30. The Morgan fingerprint density at radius 2 is 2.05 bits per heavy atom. The summed E-state index contributed by atoms with van der Waals surface area (Å²) in [6, 6.07) is 5.29. The lowest BCUT2D eigenvalue weighted by molar-refractivity contribution is 0.0646. The van der Waals surface area contributed by atoms with Gasteiger partial charge in [0.05, 0.1) is 5.56 Å². The molecule has 20 heavy (non-hydrogen) atoms. The Hall–Kier alpha value is -0.900. The van der Waals surface area contributed by atoms with Crippen LogP contribution in [0.25, 0.3) is 0 Å². The standard InChI is InChI=1S/C16H21BrFNO/c1-12-6-5-9-14(15(12)18)16(20)19(11-10-17)13-7-3-2-4-8-13/h5-6,9,13H,2-4,7-8,10-11H2,1H3. The van der Waals surface area contributed by atoms with Crippen LogP contribution >= 0.6 is 15.9 Å². The van der Waals surface area contributed by atoms with Crippen molar-refractivity contribution in [1.29, 1.82) is 0 Å². The molecule has 1 saturated carbocycles. The lowest BCUT2D eigenvalue weighted by Crippen LogP contribution is -2.43. The maximum Gasteiger partial charge on any atom is 0.257 e. The number of benzene rings is 1. The van der Waals surface area contributed by atoms with Gasteiger partial charge in [-0.25, -0.2) is 4.39 Å². The third-order valence-corrected chi connectivity index (χ3v) is 4.38. The number of rotatable bonds is 4. The quantitative estimate of drug-likeness (QED) is 0.747. The van der Waals surface area contributed by atoms with Gasteiger partial charge < -0.3 is 4.90 Å². The van der Waals surface area contributed by atoms with Gasteiger partial charge >= 0.3 is 0 Å². The van der Waals surface area contributed by atoms with Gasteiger partial charge in [-0.2, -0.15) is 0 Å². The predicted molar refractivity (Wildman–Crippen MR) is 82.8 cm³/mol. The molecule has 0 atom stereocenters. The lowest BCUT2D eigenvalue weighted by atomic mass is 9.93. The van der Waals surface area contributed by atoms with Crippen LogP contribution in [-0.4, -0.2) is 28.7 Å². The van der Waals surface area contributed by atoms with Gasteiger partial charge in [-0.3, -0.25) is 4.79 Å². The van der Waals surface area contributed by atoms with Crippen molar-refractivity contribution in [3.63, 3.8) is 0 Å². The topological polar surface area (TPSA) is 20.3 Å². The van der Waals surface area contributed by atoms with Crippen LogP contribution in [0.2, 0.25) is 0 Å². The lowest BCUT2D eigenvalue weighted by Gasteiger charge is -2.34. The van der Waals surface area contributed by atoms with Crippen LogP contribution in [0.15, 0.2) is 18.2 Å². The number of alkyl halides is 1. The van der Waals surface area contributed by atoms with Crippen molar-refractivity contribution in [3.05, 3.63) is 35.1 Å².